The smallest absolute Gasteiger partial charge is 0.252 e. The summed E-state index contributed by atoms with van der Waals surface area (Å²) >= 11 is 7.64. The average Bonchev–Trinajstić information content (AvgIpc) is 2.20. The first kappa shape index (κ1) is 13.7. The lowest BCUT2D eigenvalue weighted by atomic mass is 10.2. The van der Waals surface area contributed by atoms with Gasteiger partial charge < -0.3 is 5.32 Å². The minimum absolute atomic E-state index is 0.138. The van der Waals surface area contributed by atoms with Gasteiger partial charge in [0.2, 0.25) is 0 Å². The molecular formula is C11H12ClFINO. The normalized spacial score (nSPS) is 10.6. The first-order chi connectivity index (χ1) is 7.41. The first-order valence-electron chi connectivity index (χ1n) is 4.84. The second-order valence-corrected chi connectivity index (χ2v) is 5.42. The number of halogens is 3. The van der Waals surface area contributed by atoms with E-state index < -0.39 is 5.82 Å². The summed E-state index contributed by atoms with van der Waals surface area (Å²) in [5.41, 5.74) is 0.313. The Kier molecular flexibility index (Phi) is 4.98. The van der Waals surface area contributed by atoms with Crippen LogP contribution >= 0.6 is 34.2 Å². The van der Waals surface area contributed by atoms with Gasteiger partial charge in [-0.05, 0) is 40.6 Å². The second-order valence-electron chi connectivity index (χ2n) is 3.85. The van der Waals surface area contributed by atoms with Crippen molar-refractivity contribution >= 4 is 40.1 Å². The Morgan fingerprint density at radius 1 is 1.56 bits per heavy atom. The van der Waals surface area contributed by atoms with Crippen LogP contribution in [-0.2, 0) is 0 Å². The molecule has 1 aromatic carbocycles. The van der Waals surface area contributed by atoms with Crippen LogP contribution in [0.5, 0.6) is 0 Å². The van der Waals surface area contributed by atoms with E-state index in [9.17, 15) is 9.18 Å². The summed E-state index contributed by atoms with van der Waals surface area (Å²) in [6.45, 7) is 4.57. The van der Waals surface area contributed by atoms with Crippen LogP contribution in [-0.4, -0.2) is 12.5 Å². The molecular weight excluding hydrogens is 343 g/mol. The number of benzene rings is 1. The van der Waals surface area contributed by atoms with Crippen LogP contribution < -0.4 is 5.32 Å². The molecule has 88 valence electrons. The molecule has 5 heteroatoms. The summed E-state index contributed by atoms with van der Waals surface area (Å²) in [6.07, 6.45) is 0. The average molecular weight is 356 g/mol. The van der Waals surface area contributed by atoms with E-state index in [1.165, 1.54) is 6.07 Å². The van der Waals surface area contributed by atoms with Crippen molar-refractivity contribution in [2.75, 3.05) is 6.54 Å². The van der Waals surface area contributed by atoms with Gasteiger partial charge in [0.15, 0.2) is 0 Å². The maximum atomic E-state index is 13.1. The predicted octanol–water partition coefficient (Wildman–Crippen LogP) is 3.47. The SMILES string of the molecule is CC(C)CNC(=O)c1cc(I)c(F)cc1Cl. The molecule has 0 heterocycles. The minimum Gasteiger partial charge on any atom is -0.352 e. The van der Waals surface area contributed by atoms with Crippen molar-refractivity contribution in [1.82, 2.24) is 5.32 Å². The standard InChI is InChI=1S/C11H12ClFINO/c1-6(2)5-15-11(16)7-3-10(14)9(13)4-8(7)12/h3-4,6H,5H2,1-2H3,(H,15,16). The summed E-state index contributed by atoms with van der Waals surface area (Å²) in [4.78, 5) is 11.7. The largest absolute Gasteiger partial charge is 0.352 e. The molecule has 0 aliphatic rings. The Morgan fingerprint density at radius 3 is 2.75 bits per heavy atom. The summed E-state index contributed by atoms with van der Waals surface area (Å²) in [6, 6.07) is 2.61. The molecule has 0 aromatic heterocycles. The molecule has 1 aromatic rings. The first-order valence-corrected chi connectivity index (χ1v) is 6.30. The van der Waals surface area contributed by atoms with E-state index >= 15 is 0 Å². The molecule has 0 bridgehead atoms. The molecule has 0 fully saturated rings. The third-order valence-electron chi connectivity index (χ3n) is 1.93. The third kappa shape index (κ3) is 3.59. The number of hydrogen-bond donors (Lipinski definition) is 1. The van der Waals surface area contributed by atoms with Crippen LogP contribution in [0.15, 0.2) is 12.1 Å². The Labute approximate surface area is 113 Å². The zero-order chi connectivity index (χ0) is 12.3. The van der Waals surface area contributed by atoms with Crippen LogP contribution in [0.1, 0.15) is 24.2 Å². The highest BCUT2D eigenvalue weighted by atomic mass is 127. The molecule has 0 saturated carbocycles. The van der Waals surface area contributed by atoms with E-state index in [0.29, 0.717) is 21.6 Å². The van der Waals surface area contributed by atoms with Crippen molar-refractivity contribution in [3.8, 4) is 0 Å². The monoisotopic (exact) mass is 355 g/mol. The fraction of sp³-hybridized carbons (Fsp3) is 0.364. The highest BCUT2D eigenvalue weighted by Crippen LogP contribution is 2.21. The lowest BCUT2D eigenvalue weighted by molar-refractivity contribution is 0.0949. The number of amides is 1. The second kappa shape index (κ2) is 5.82. The Bertz CT molecular complexity index is 409. The van der Waals surface area contributed by atoms with Gasteiger partial charge in [0.05, 0.1) is 10.6 Å². The molecule has 0 aliphatic heterocycles. The molecule has 0 radical (unpaired) electrons. The van der Waals surface area contributed by atoms with E-state index in [2.05, 4.69) is 5.32 Å². The molecule has 16 heavy (non-hydrogen) atoms. The molecule has 1 N–H and O–H groups in total. The van der Waals surface area contributed by atoms with Gasteiger partial charge in [-0.15, -0.1) is 0 Å². The van der Waals surface area contributed by atoms with E-state index in [-0.39, 0.29) is 10.9 Å². The number of carbonyl (C=O) groups excluding carboxylic acids is 1. The molecule has 1 amide bonds. The van der Waals surface area contributed by atoms with Crippen molar-refractivity contribution in [3.63, 3.8) is 0 Å². The molecule has 2 nitrogen and oxygen atoms in total. The van der Waals surface area contributed by atoms with Crippen molar-refractivity contribution in [2.45, 2.75) is 13.8 Å². The van der Waals surface area contributed by atoms with Crippen molar-refractivity contribution in [1.29, 1.82) is 0 Å². The molecule has 0 aliphatic carbocycles. The fourth-order valence-electron chi connectivity index (χ4n) is 1.09. The zero-order valence-electron chi connectivity index (χ0n) is 8.98. The van der Waals surface area contributed by atoms with Crippen LogP contribution in [0.25, 0.3) is 0 Å². The van der Waals surface area contributed by atoms with Gasteiger partial charge in [0.1, 0.15) is 5.82 Å². The summed E-state index contributed by atoms with van der Waals surface area (Å²) in [5.74, 6) is -0.315. The zero-order valence-corrected chi connectivity index (χ0v) is 11.9. The maximum Gasteiger partial charge on any atom is 0.252 e. The minimum atomic E-state index is -0.411. The number of nitrogens with one attached hydrogen (secondary N) is 1. The van der Waals surface area contributed by atoms with Crippen LogP contribution in [0.4, 0.5) is 4.39 Å². The quantitative estimate of drug-likeness (QED) is 0.653. The topological polar surface area (TPSA) is 29.1 Å². The lowest BCUT2D eigenvalue weighted by Crippen LogP contribution is -2.27. The van der Waals surface area contributed by atoms with Gasteiger partial charge in [-0.2, -0.15) is 0 Å². The highest BCUT2D eigenvalue weighted by Gasteiger charge is 2.13. The number of hydrogen-bond acceptors (Lipinski definition) is 1. The Morgan fingerprint density at radius 2 is 2.19 bits per heavy atom. The van der Waals surface area contributed by atoms with Crippen LogP contribution in [0.3, 0.4) is 0 Å². The summed E-state index contributed by atoms with van der Waals surface area (Å²) in [5, 5.41) is 2.87. The summed E-state index contributed by atoms with van der Waals surface area (Å²) in [7, 11) is 0. The van der Waals surface area contributed by atoms with Crippen LogP contribution in [0, 0.1) is 15.3 Å². The van der Waals surface area contributed by atoms with Gasteiger partial charge in [0.25, 0.3) is 5.91 Å². The Balaban J connectivity index is 2.87. The lowest BCUT2D eigenvalue weighted by Gasteiger charge is -2.09. The van der Waals surface area contributed by atoms with Gasteiger partial charge in [-0.3, -0.25) is 4.79 Å². The highest BCUT2D eigenvalue weighted by molar-refractivity contribution is 14.1. The van der Waals surface area contributed by atoms with Gasteiger partial charge in [-0.25, -0.2) is 4.39 Å². The molecule has 0 atom stereocenters. The summed E-state index contributed by atoms with van der Waals surface area (Å²) < 4.78 is 13.5. The van der Waals surface area contributed by atoms with E-state index in [1.54, 1.807) is 0 Å². The van der Waals surface area contributed by atoms with E-state index in [4.69, 9.17) is 11.6 Å². The molecule has 0 spiro atoms. The van der Waals surface area contributed by atoms with E-state index in [1.807, 2.05) is 36.4 Å². The molecule has 0 saturated heterocycles. The van der Waals surface area contributed by atoms with Crippen molar-refractivity contribution in [3.05, 3.63) is 32.1 Å². The number of carbonyl (C=O) groups is 1. The predicted molar refractivity (Wildman–Crippen MR) is 71.3 cm³/mol. The molecule has 1 rings (SSSR count). The van der Waals surface area contributed by atoms with E-state index in [0.717, 1.165) is 6.07 Å². The van der Waals surface area contributed by atoms with Gasteiger partial charge >= 0.3 is 0 Å². The van der Waals surface area contributed by atoms with Gasteiger partial charge in [0, 0.05) is 10.1 Å². The van der Waals surface area contributed by atoms with Gasteiger partial charge in [-0.1, -0.05) is 25.4 Å². The van der Waals surface area contributed by atoms with Crippen LogP contribution in [0.2, 0.25) is 5.02 Å². The third-order valence-corrected chi connectivity index (χ3v) is 3.06. The fourth-order valence-corrected chi connectivity index (χ4v) is 1.79. The Hall–Kier alpha value is -0.360. The molecule has 0 unspecified atom stereocenters. The number of rotatable bonds is 3. The van der Waals surface area contributed by atoms with Crippen molar-refractivity contribution in [2.24, 2.45) is 5.92 Å². The maximum absolute atomic E-state index is 13.1. The van der Waals surface area contributed by atoms with Crippen molar-refractivity contribution < 1.29 is 9.18 Å².